The molecule has 74 valence electrons. The van der Waals surface area contributed by atoms with Crippen molar-refractivity contribution in [3.05, 3.63) is 28.8 Å². The Kier molecular flexibility index (Phi) is 2.06. The van der Waals surface area contributed by atoms with E-state index in [-0.39, 0.29) is 11.9 Å². The van der Waals surface area contributed by atoms with Crippen molar-refractivity contribution in [2.24, 2.45) is 0 Å². The molecule has 0 spiro atoms. The van der Waals surface area contributed by atoms with Crippen molar-refractivity contribution in [2.45, 2.75) is 33.3 Å². The normalized spacial score (nSPS) is 20.2. The van der Waals surface area contributed by atoms with Crippen LogP contribution in [0.5, 0.6) is 5.75 Å². The van der Waals surface area contributed by atoms with Gasteiger partial charge in [0.1, 0.15) is 11.9 Å². The maximum absolute atomic E-state index is 11.7. The van der Waals surface area contributed by atoms with Gasteiger partial charge in [-0.05, 0) is 38.0 Å². The van der Waals surface area contributed by atoms with Crippen LogP contribution >= 0.6 is 0 Å². The molecular formula is C12H14O2. The van der Waals surface area contributed by atoms with Gasteiger partial charge in [0.15, 0.2) is 5.78 Å². The SMILES string of the molecule is Cc1cc(C)c2c(c1)OC(C)CC2=O. The third-order valence-corrected chi connectivity index (χ3v) is 2.52. The van der Waals surface area contributed by atoms with E-state index in [0.29, 0.717) is 6.42 Å². The largest absolute Gasteiger partial charge is 0.489 e. The number of carbonyl (C=O) groups excluding carboxylic acids is 1. The zero-order valence-corrected chi connectivity index (χ0v) is 8.76. The third kappa shape index (κ3) is 1.41. The van der Waals surface area contributed by atoms with Crippen LogP contribution < -0.4 is 4.74 Å². The fourth-order valence-corrected chi connectivity index (χ4v) is 2.00. The van der Waals surface area contributed by atoms with E-state index in [2.05, 4.69) is 0 Å². The number of carbonyl (C=O) groups is 1. The molecule has 0 N–H and O–H groups in total. The molecular weight excluding hydrogens is 176 g/mol. The van der Waals surface area contributed by atoms with Crippen LogP contribution in [0.4, 0.5) is 0 Å². The molecule has 1 aromatic carbocycles. The highest BCUT2D eigenvalue weighted by Gasteiger charge is 2.25. The van der Waals surface area contributed by atoms with E-state index in [1.807, 2.05) is 32.9 Å². The van der Waals surface area contributed by atoms with E-state index in [0.717, 1.165) is 22.4 Å². The van der Waals surface area contributed by atoms with Crippen LogP contribution in [0.15, 0.2) is 12.1 Å². The van der Waals surface area contributed by atoms with Crippen LogP contribution in [0.2, 0.25) is 0 Å². The van der Waals surface area contributed by atoms with Crippen molar-refractivity contribution in [2.75, 3.05) is 0 Å². The highest BCUT2D eigenvalue weighted by Crippen LogP contribution is 2.31. The summed E-state index contributed by atoms with van der Waals surface area (Å²) in [6.45, 7) is 5.90. The lowest BCUT2D eigenvalue weighted by atomic mass is 9.95. The molecule has 0 aromatic heterocycles. The van der Waals surface area contributed by atoms with Crippen molar-refractivity contribution in [1.29, 1.82) is 0 Å². The number of hydrogen-bond donors (Lipinski definition) is 0. The molecule has 0 bridgehead atoms. The van der Waals surface area contributed by atoms with Crippen LogP contribution in [0.1, 0.15) is 34.8 Å². The van der Waals surface area contributed by atoms with Crippen LogP contribution in [0.25, 0.3) is 0 Å². The molecule has 2 rings (SSSR count). The molecule has 1 heterocycles. The van der Waals surface area contributed by atoms with E-state index in [4.69, 9.17) is 4.74 Å². The van der Waals surface area contributed by atoms with Gasteiger partial charge >= 0.3 is 0 Å². The molecule has 1 aliphatic heterocycles. The minimum absolute atomic E-state index is 0.0104. The highest BCUT2D eigenvalue weighted by molar-refractivity contribution is 6.01. The predicted molar refractivity (Wildman–Crippen MR) is 55.0 cm³/mol. The minimum atomic E-state index is 0.0104. The summed E-state index contributed by atoms with van der Waals surface area (Å²) in [5, 5.41) is 0. The Bertz CT molecular complexity index is 394. The number of rotatable bonds is 0. The molecule has 14 heavy (non-hydrogen) atoms. The zero-order chi connectivity index (χ0) is 10.3. The van der Waals surface area contributed by atoms with Crippen LogP contribution in [-0.4, -0.2) is 11.9 Å². The van der Waals surface area contributed by atoms with Gasteiger partial charge in [-0.15, -0.1) is 0 Å². The fourth-order valence-electron chi connectivity index (χ4n) is 2.00. The van der Waals surface area contributed by atoms with Gasteiger partial charge in [-0.3, -0.25) is 4.79 Å². The van der Waals surface area contributed by atoms with Crippen molar-refractivity contribution in [3.63, 3.8) is 0 Å². The monoisotopic (exact) mass is 190 g/mol. The van der Waals surface area contributed by atoms with Crippen molar-refractivity contribution >= 4 is 5.78 Å². The maximum atomic E-state index is 11.7. The summed E-state index contributed by atoms with van der Waals surface area (Å²) in [6, 6.07) is 3.96. The Morgan fingerprint density at radius 2 is 2.07 bits per heavy atom. The second kappa shape index (κ2) is 3.12. The first-order chi connectivity index (χ1) is 6.58. The second-order valence-electron chi connectivity index (χ2n) is 4.01. The van der Waals surface area contributed by atoms with Crippen molar-refractivity contribution < 1.29 is 9.53 Å². The van der Waals surface area contributed by atoms with Gasteiger partial charge in [-0.1, -0.05) is 6.07 Å². The first-order valence-electron chi connectivity index (χ1n) is 4.89. The first kappa shape index (κ1) is 9.25. The lowest BCUT2D eigenvalue weighted by Crippen LogP contribution is -2.24. The van der Waals surface area contributed by atoms with Gasteiger partial charge in [0.05, 0.1) is 5.56 Å². The van der Waals surface area contributed by atoms with Crippen LogP contribution in [0.3, 0.4) is 0 Å². The summed E-state index contributed by atoms with van der Waals surface area (Å²) in [4.78, 5) is 11.7. The average molecular weight is 190 g/mol. The summed E-state index contributed by atoms with van der Waals surface area (Å²) in [7, 11) is 0. The van der Waals surface area contributed by atoms with E-state index in [1.165, 1.54) is 0 Å². The Hall–Kier alpha value is -1.31. The highest BCUT2D eigenvalue weighted by atomic mass is 16.5. The molecule has 1 aromatic rings. The standard InChI is InChI=1S/C12H14O2/c1-7-4-8(2)12-10(13)6-9(3)14-11(12)5-7/h4-5,9H,6H2,1-3H3. The van der Waals surface area contributed by atoms with E-state index >= 15 is 0 Å². The van der Waals surface area contributed by atoms with Gasteiger partial charge in [0.25, 0.3) is 0 Å². The molecule has 1 aliphatic rings. The number of ketones is 1. The molecule has 1 unspecified atom stereocenters. The van der Waals surface area contributed by atoms with Gasteiger partial charge in [0, 0.05) is 6.42 Å². The Morgan fingerprint density at radius 1 is 1.36 bits per heavy atom. The lowest BCUT2D eigenvalue weighted by molar-refractivity contribution is 0.0870. The third-order valence-electron chi connectivity index (χ3n) is 2.52. The number of benzene rings is 1. The van der Waals surface area contributed by atoms with Crippen molar-refractivity contribution in [3.8, 4) is 5.75 Å². The zero-order valence-electron chi connectivity index (χ0n) is 8.76. The Balaban J connectivity index is 2.59. The quantitative estimate of drug-likeness (QED) is 0.628. The van der Waals surface area contributed by atoms with Crippen LogP contribution in [0, 0.1) is 13.8 Å². The smallest absolute Gasteiger partial charge is 0.170 e. The van der Waals surface area contributed by atoms with Gasteiger partial charge in [-0.2, -0.15) is 0 Å². The predicted octanol–water partition coefficient (Wildman–Crippen LogP) is 2.66. The molecule has 1 atom stereocenters. The van der Waals surface area contributed by atoms with Crippen LogP contribution in [-0.2, 0) is 0 Å². The summed E-state index contributed by atoms with van der Waals surface area (Å²) >= 11 is 0. The van der Waals surface area contributed by atoms with E-state index in [1.54, 1.807) is 0 Å². The number of ether oxygens (including phenoxy) is 1. The lowest BCUT2D eigenvalue weighted by Gasteiger charge is -2.24. The summed E-state index contributed by atoms with van der Waals surface area (Å²) in [5.41, 5.74) is 2.94. The molecule has 0 fully saturated rings. The number of aryl methyl sites for hydroxylation is 2. The van der Waals surface area contributed by atoms with Gasteiger partial charge < -0.3 is 4.74 Å². The van der Waals surface area contributed by atoms with Gasteiger partial charge in [0.2, 0.25) is 0 Å². The fraction of sp³-hybridized carbons (Fsp3) is 0.417. The molecule has 0 amide bonds. The summed E-state index contributed by atoms with van der Waals surface area (Å²) in [6.07, 6.45) is 0.507. The van der Waals surface area contributed by atoms with Gasteiger partial charge in [-0.25, -0.2) is 0 Å². The minimum Gasteiger partial charge on any atom is -0.489 e. The molecule has 0 saturated carbocycles. The Morgan fingerprint density at radius 3 is 2.79 bits per heavy atom. The number of Topliss-reactive ketones (excluding diaryl/α,β-unsaturated/α-hetero) is 1. The topological polar surface area (TPSA) is 26.3 Å². The maximum Gasteiger partial charge on any atom is 0.170 e. The summed E-state index contributed by atoms with van der Waals surface area (Å²) in [5.74, 6) is 0.961. The number of hydrogen-bond acceptors (Lipinski definition) is 2. The molecule has 0 radical (unpaired) electrons. The second-order valence-corrected chi connectivity index (χ2v) is 4.01. The molecule has 0 saturated heterocycles. The van der Waals surface area contributed by atoms with E-state index in [9.17, 15) is 4.79 Å². The number of fused-ring (bicyclic) bond motifs is 1. The first-order valence-corrected chi connectivity index (χ1v) is 4.89. The summed E-state index contributed by atoms with van der Waals surface area (Å²) < 4.78 is 5.64. The van der Waals surface area contributed by atoms with E-state index < -0.39 is 0 Å². The molecule has 2 nitrogen and oxygen atoms in total. The molecule has 2 heteroatoms. The average Bonchev–Trinajstić information content (AvgIpc) is 1.99. The Labute approximate surface area is 83.9 Å². The van der Waals surface area contributed by atoms with Crippen molar-refractivity contribution in [1.82, 2.24) is 0 Å². The molecule has 0 aliphatic carbocycles.